The molecule has 0 atom stereocenters. The molecule has 2 aromatic carbocycles. The molecule has 35 heavy (non-hydrogen) atoms. The number of esters is 1. The van der Waals surface area contributed by atoms with E-state index in [0.29, 0.717) is 16.0 Å². The van der Waals surface area contributed by atoms with Crippen LogP contribution >= 0.6 is 11.3 Å². The molecule has 0 spiro atoms. The van der Waals surface area contributed by atoms with Gasteiger partial charge in [0.1, 0.15) is 12.3 Å². The number of nitrogens with zero attached hydrogens (tertiary/aromatic N) is 2. The van der Waals surface area contributed by atoms with Gasteiger partial charge in [-0.1, -0.05) is 11.3 Å². The van der Waals surface area contributed by atoms with E-state index in [1.807, 2.05) is 0 Å². The number of hydrogen-bond acceptors (Lipinski definition) is 9. The molecule has 1 aromatic heterocycles. The molecule has 1 heterocycles. The fourth-order valence-electron chi connectivity index (χ4n) is 3.19. The van der Waals surface area contributed by atoms with Crippen LogP contribution in [0.15, 0.2) is 57.2 Å². The molecular weight excluding hydrogens is 516 g/mol. The molecule has 0 aliphatic carbocycles. The Morgan fingerprint density at radius 3 is 2.26 bits per heavy atom. The largest absolute Gasteiger partial charge is 0.497 e. The van der Waals surface area contributed by atoms with Crippen molar-refractivity contribution in [3.63, 3.8) is 0 Å². The van der Waals surface area contributed by atoms with Crippen LogP contribution in [0, 0.1) is 0 Å². The lowest BCUT2D eigenvalue weighted by Gasteiger charge is -2.05. The second-order valence-corrected chi connectivity index (χ2v) is 12.7. The SMILES string of the molecule is COC(=O)Cn1c(=NC(=O)CCCS(=O)(=O)c2ccc(OC)cc2)sc2cc(S(C)(=O)=O)ccc21. The van der Waals surface area contributed by atoms with Gasteiger partial charge in [-0.2, -0.15) is 4.99 Å². The van der Waals surface area contributed by atoms with E-state index in [4.69, 9.17) is 9.47 Å². The van der Waals surface area contributed by atoms with Crippen LogP contribution in [0.1, 0.15) is 12.8 Å². The molecule has 13 heteroatoms. The van der Waals surface area contributed by atoms with Gasteiger partial charge in [0.25, 0.3) is 0 Å². The van der Waals surface area contributed by atoms with Gasteiger partial charge in [-0.25, -0.2) is 16.8 Å². The highest BCUT2D eigenvalue weighted by atomic mass is 32.2. The second kappa shape index (κ2) is 10.7. The van der Waals surface area contributed by atoms with Crippen LogP contribution in [-0.2, 0) is 40.5 Å². The number of methoxy groups -OCH3 is 2. The monoisotopic (exact) mass is 540 g/mol. The number of thiazole rings is 1. The minimum absolute atomic E-state index is 0.0524. The van der Waals surface area contributed by atoms with Crippen LogP contribution in [0.4, 0.5) is 0 Å². The van der Waals surface area contributed by atoms with Crippen molar-refractivity contribution >= 4 is 53.1 Å². The van der Waals surface area contributed by atoms with Gasteiger partial charge >= 0.3 is 5.97 Å². The third-order valence-electron chi connectivity index (χ3n) is 5.04. The van der Waals surface area contributed by atoms with Crippen molar-refractivity contribution in [2.24, 2.45) is 4.99 Å². The summed E-state index contributed by atoms with van der Waals surface area (Å²) in [5.41, 5.74) is 0.515. The van der Waals surface area contributed by atoms with Gasteiger partial charge in [0, 0.05) is 12.7 Å². The summed E-state index contributed by atoms with van der Waals surface area (Å²) in [4.78, 5) is 28.9. The molecule has 1 amide bonds. The highest BCUT2D eigenvalue weighted by Gasteiger charge is 2.17. The predicted molar refractivity (Wildman–Crippen MR) is 130 cm³/mol. The fraction of sp³-hybridized carbons (Fsp3) is 0.318. The van der Waals surface area contributed by atoms with Gasteiger partial charge in [-0.3, -0.25) is 9.59 Å². The Bertz CT molecular complexity index is 1530. The average molecular weight is 541 g/mol. The summed E-state index contributed by atoms with van der Waals surface area (Å²) >= 11 is 1.05. The molecule has 188 valence electrons. The Labute approximate surface area is 206 Å². The average Bonchev–Trinajstić information content (AvgIpc) is 3.14. The van der Waals surface area contributed by atoms with Crippen molar-refractivity contribution in [2.45, 2.75) is 29.2 Å². The number of ether oxygens (including phenoxy) is 2. The number of benzene rings is 2. The topological polar surface area (TPSA) is 138 Å². The highest BCUT2D eigenvalue weighted by molar-refractivity contribution is 7.91. The molecule has 0 saturated carbocycles. The van der Waals surface area contributed by atoms with Crippen LogP contribution in [0.5, 0.6) is 5.75 Å². The summed E-state index contributed by atoms with van der Waals surface area (Å²) in [6.07, 6.45) is 1.01. The smallest absolute Gasteiger partial charge is 0.325 e. The number of carbonyl (C=O) groups is 2. The molecule has 0 aliphatic rings. The number of hydrogen-bond donors (Lipinski definition) is 0. The van der Waals surface area contributed by atoms with Gasteiger partial charge in [-0.15, -0.1) is 0 Å². The minimum atomic E-state index is -3.59. The van der Waals surface area contributed by atoms with Crippen molar-refractivity contribution in [1.29, 1.82) is 0 Å². The zero-order valence-electron chi connectivity index (χ0n) is 19.3. The molecule has 0 aliphatic heterocycles. The number of amides is 1. The van der Waals surface area contributed by atoms with Gasteiger partial charge in [0.05, 0.1) is 40.0 Å². The summed E-state index contributed by atoms with van der Waals surface area (Å²) < 4.78 is 60.6. The van der Waals surface area contributed by atoms with Crippen molar-refractivity contribution in [1.82, 2.24) is 4.57 Å². The quantitative estimate of drug-likeness (QED) is 0.376. The van der Waals surface area contributed by atoms with Gasteiger partial charge in [0.15, 0.2) is 24.5 Å². The molecular formula is C22H24N2O8S3. The Hall–Kier alpha value is -3.03. The van der Waals surface area contributed by atoms with Crippen molar-refractivity contribution < 1.29 is 35.9 Å². The molecule has 0 N–H and O–H groups in total. The molecule has 3 aromatic rings. The normalized spacial score (nSPS) is 12.6. The number of fused-ring (bicyclic) bond motifs is 1. The molecule has 0 saturated heterocycles. The first-order valence-corrected chi connectivity index (χ1v) is 14.7. The lowest BCUT2D eigenvalue weighted by atomic mass is 10.3. The summed E-state index contributed by atoms with van der Waals surface area (Å²) in [7, 11) is -4.34. The third-order valence-corrected chi connectivity index (χ3v) is 9.01. The first-order valence-electron chi connectivity index (χ1n) is 10.3. The van der Waals surface area contributed by atoms with E-state index >= 15 is 0 Å². The highest BCUT2D eigenvalue weighted by Crippen LogP contribution is 2.22. The Balaban J connectivity index is 1.83. The summed E-state index contributed by atoms with van der Waals surface area (Å²) in [5, 5.41) is 0. The molecule has 3 rings (SSSR count). The number of sulfone groups is 2. The Morgan fingerprint density at radius 1 is 1.00 bits per heavy atom. The van der Waals surface area contributed by atoms with Gasteiger partial charge < -0.3 is 14.0 Å². The molecule has 0 unspecified atom stereocenters. The second-order valence-electron chi connectivity index (χ2n) is 7.55. The van der Waals surface area contributed by atoms with E-state index in [2.05, 4.69) is 4.99 Å². The summed E-state index contributed by atoms with van der Waals surface area (Å²) in [5.74, 6) is -0.850. The fourth-order valence-corrected chi connectivity index (χ4v) is 6.31. The van der Waals surface area contributed by atoms with E-state index in [0.717, 1.165) is 17.6 Å². The predicted octanol–water partition coefficient (Wildman–Crippen LogP) is 1.97. The van der Waals surface area contributed by atoms with E-state index in [-0.39, 0.29) is 39.7 Å². The van der Waals surface area contributed by atoms with E-state index in [1.54, 1.807) is 12.1 Å². The van der Waals surface area contributed by atoms with Crippen molar-refractivity contribution in [3.8, 4) is 5.75 Å². The van der Waals surface area contributed by atoms with Crippen LogP contribution in [0.25, 0.3) is 10.2 Å². The van der Waals surface area contributed by atoms with Crippen LogP contribution in [0.3, 0.4) is 0 Å². The first kappa shape index (κ1) is 26.6. The van der Waals surface area contributed by atoms with E-state index in [9.17, 15) is 26.4 Å². The van der Waals surface area contributed by atoms with Crippen LogP contribution in [-0.4, -0.2) is 59.5 Å². The summed E-state index contributed by atoms with van der Waals surface area (Å²) in [6, 6.07) is 10.4. The lowest BCUT2D eigenvalue weighted by Crippen LogP contribution is -2.22. The molecule has 0 bridgehead atoms. The molecule has 0 radical (unpaired) electrons. The van der Waals surface area contributed by atoms with E-state index < -0.39 is 31.6 Å². The van der Waals surface area contributed by atoms with Gasteiger partial charge in [-0.05, 0) is 48.9 Å². The Kier molecular flexibility index (Phi) is 8.13. The maximum Gasteiger partial charge on any atom is 0.325 e. The molecule has 10 nitrogen and oxygen atoms in total. The lowest BCUT2D eigenvalue weighted by molar-refractivity contribution is -0.141. The van der Waals surface area contributed by atoms with Crippen LogP contribution < -0.4 is 9.54 Å². The standard InChI is InChI=1S/C22H24N2O8S3/c1-31-15-6-8-16(9-7-15)35(29,30)12-4-5-20(25)23-22-24(14-21(26)32-2)18-11-10-17(34(3,27)28)13-19(18)33-22/h6-11,13H,4-5,12,14H2,1-3H3. The molecule has 0 fully saturated rings. The Morgan fingerprint density at radius 2 is 1.66 bits per heavy atom. The summed E-state index contributed by atoms with van der Waals surface area (Å²) in [6.45, 7) is -0.229. The minimum Gasteiger partial charge on any atom is -0.497 e. The van der Waals surface area contributed by atoms with Gasteiger partial charge in [0.2, 0.25) is 5.91 Å². The van der Waals surface area contributed by atoms with Crippen molar-refractivity contribution in [2.75, 3.05) is 26.2 Å². The zero-order chi connectivity index (χ0) is 25.8. The maximum atomic E-state index is 12.5. The third kappa shape index (κ3) is 6.55. The number of rotatable bonds is 9. The first-order chi connectivity index (χ1) is 16.4. The number of carbonyl (C=O) groups excluding carboxylic acids is 2. The zero-order valence-corrected chi connectivity index (χ0v) is 21.7. The maximum absolute atomic E-state index is 12.5. The van der Waals surface area contributed by atoms with Crippen molar-refractivity contribution in [3.05, 3.63) is 47.3 Å². The number of aromatic nitrogens is 1. The van der Waals surface area contributed by atoms with Crippen LogP contribution in [0.2, 0.25) is 0 Å². The van der Waals surface area contributed by atoms with E-state index in [1.165, 1.54) is 49.1 Å².